The van der Waals surface area contributed by atoms with Crippen molar-refractivity contribution in [1.29, 1.82) is 0 Å². The standard InChI is InChI=1S/C21H16ClN3O3/c22-16-3-1-2-14(10-16)12-28-18-7-5-17(6-8-18)25-13-23-19-9-4-15(11-20(19)25)21(26)24-27/h1-11,13,27H,12H2,(H,24,26). The summed E-state index contributed by atoms with van der Waals surface area (Å²) in [6.07, 6.45) is 1.69. The number of hydroxylamine groups is 1. The fourth-order valence-electron chi connectivity index (χ4n) is 2.92. The molecule has 0 fully saturated rings. The number of halogens is 1. The first-order chi connectivity index (χ1) is 13.6. The van der Waals surface area contributed by atoms with Crippen LogP contribution in [0.4, 0.5) is 0 Å². The number of aromatic nitrogens is 2. The van der Waals surface area contributed by atoms with Crippen LogP contribution >= 0.6 is 11.6 Å². The number of hydrogen-bond donors (Lipinski definition) is 2. The van der Waals surface area contributed by atoms with Crippen LogP contribution in [0.3, 0.4) is 0 Å². The molecule has 4 aromatic rings. The summed E-state index contributed by atoms with van der Waals surface area (Å²) in [5.41, 5.74) is 5.36. The minimum atomic E-state index is -0.570. The Balaban J connectivity index is 1.56. The van der Waals surface area contributed by atoms with Crippen molar-refractivity contribution in [3.63, 3.8) is 0 Å². The molecule has 7 heteroatoms. The topological polar surface area (TPSA) is 76.4 Å². The summed E-state index contributed by atoms with van der Waals surface area (Å²) in [5, 5.41) is 9.51. The number of amides is 1. The van der Waals surface area contributed by atoms with Crippen LogP contribution < -0.4 is 10.2 Å². The van der Waals surface area contributed by atoms with Gasteiger partial charge in [-0.2, -0.15) is 0 Å². The molecule has 4 rings (SSSR count). The second kappa shape index (κ2) is 7.72. The Hall–Kier alpha value is -3.35. The molecule has 0 saturated heterocycles. The van der Waals surface area contributed by atoms with E-state index in [1.54, 1.807) is 30.0 Å². The van der Waals surface area contributed by atoms with E-state index in [1.807, 2.05) is 53.1 Å². The van der Waals surface area contributed by atoms with Gasteiger partial charge in [0.2, 0.25) is 0 Å². The molecular weight excluding hydrogens is 378 g/mol. The van der Waals surface area contributed by atoms with Crippen LogP contribution in [0.1, 0.15) is 15.9 Å². The quantitative estimate of drug-likeness (QED) is 0.390. The van der Waals surface area contributed by atoms with Gasteiger partial charge in [0.1, 0.15) is 18.7 Å². The number of nitrogens with one attached hydrogen (secondary N) is 1. The highest BCUT2D eigenvalue weighted by molar-refractivity contribution is 6.30. The van der Waals surface area contributed by atoms with E-state index in [2.05, 4.69) is 4.98 Å². The number of nitrogens with zero attached hydrogens (tertiary/aromatic N) is 2. The van der Waals surface area contributed by atoms with E-state index in [0.29, 0.717) is 17.2 Å². The number of ether oxygens (including phenoxy) is 1. The molecule has 6 nitrogen and oxygen atoms in total. The highest BCUT2D eigenvalue weighted by atomic mass is 35.5. The van der Waals surface area contributed by atoms with E-state index >= 15 is 0 Å². The van der Waals surface area contributed by atoms with Gasteiger partial charge in [0, 0.05) is 16.3 Å². The minimum Gasteiger partial charge on any atom is -0.489 e. The summed E-state index contributed by atoms with van der Waals surface area (Å²) in [4.78, 5) is 16.0. The molecular formula is C21H16ClN3O3. The first-order valence-corrected chi connectivity index (χ1v) is 8.91. The molecule has 1 aromatic heterocycles. The molecule has 0 unspecified atom stereocenters. The zero-order valence-corrected chi connectivity index (χ0v) is 15.4. The summed E-state index contributed by atoms with van der Waals surface area (Å²) in [7, 11) is 0. The van der Waals surface area contributed by atoms with Gasteiger partial charge in [0.25, 0.3) is 5.91 Å². The number of fused-ring (bicyclic) bond motifs is 1. The van der Waals surface area contributed by atoms with E-state index in [9.17, 15) is 4.79 Å². The first-order valence-electron chi connectivity index (χ1n) is 8.53. The van der Waals surface area contributed by atoms with Gasteiger partial charge in [-0.1, -0.05) is 23.7 Å². The Bertz CT molecular complexity index is 1140. The van der Waals surface area contributed by atoms with Crippen molar-refractivity contribution < 1.29 is 14.7 Å². The smallest absolute Gasteiger partial charge is 0.274 e. The van der Waals surface area contributed by atoms with Crippen LogP contribution in [0.5, 0.6) is 5.75 Å². The van der Waals surface area contributed by atoms with Crippen molar-refractivity contribution in [3.05, 3.63) is 89.2 Å². The SMILES string of the molecule is O=C(NO)c1ccc2ncn(-c3ccc(OCc4cccc(Cl)c4)cc3)c2c1. The highest BCUT2D eigenvalue weighted by Crippen LogP contribution is 2.22. The van der Waals surface area contributed by atoms with Crippen LogP contribution in [0.15, 0.2) is 73.1 Å². The lowest BCUT2D eigenvalue weighted by Gasteiger charge is -2.09. The molecule has 28 heavy (non-hydrogen) atoms. The predicted molar refractivity (Wildman–Crippen MR) is 106 cm³/mol. The molecule has 0 aliphatic heterocycles. The minimum absolute atomic E-state index is 0.346. The third kappa shape index (κ3) is 3.69. The van der Waals surface area contributed by atoms with Crippen molar-refractivity contribution >= 4 is 28.5 Å². The van der Waals surface area contributed by atoms with Gasteiger partial charge in [0.05, 0.1) is 11.0 Å². The number of carbonyl (C=O) groups excluding carboxylic acids is 1. The number of benzene rings is 3. The molecule has 140 valence electrons. The van der Waals surface area contributed by atoms with Crippen LogP contribution in [0.25, 0.3) is 16.7 Å². The zero-order chi connectivity index (χ0) is 19.5. The summed E-state index contributed by atoms with van der Waals surface area (Å²) in [6.45, 7) is 0.424. The molecule has 0 bridgehead atoms. The molecule has 1 amide bonds. The lowest BCUT2D eigenvalue weighted by Crippen LogP contribution is -2.18. The highest BCUT2D eigenvalue weighted by Gasteiger charge is 2.10. The van der Waals surface area contributed by atoms with E-state index in [0.717, 1.165) is 28.0 Å². The van der Waals surface area contributed by atoms with Crippen LogP contribution in [-0.4, -0.2) is 20.7 Å². The number of carbonyl (C=O) groups is 1. The van der Waals surface area contributed by atoms with Crippen molar-refractivity contribution in [1.82, 2.24) is 15.0 Å². The second-order valence-corrected chi connectivity index (χ2v) is 6.61. The van der Waals surface area contributed by atoms with E-state index in [4.69, 9.17) is 21.5 Å². The molecule has 0 aliphatic carbocycles. The van der Waals surface area contributed by atoms with Crippen LogP contribution in [-0.2, 0) is 6.61 Å². The van der Waals surface area contributed by atoms with Crippen LogP contribution in [0, 0.1) is 0 Å². The summed E-state index contributed by atoms with van der Waals surface area (Å²) >= 11 is 5.99. The van der Waals surface area contributed by atoms with Gasteiger partial charge >= 0.3 is 0 Å². The average molecular weight is 394 g/mol. The predicted octanol–water partition coefficient (Wildman–Crippen LogP) is 4.38. The normalized spacial score (nSPS) is 10.8. The molecule has 0 spiro atoms. The monoisotopic (exact) mass is 393 g/mol. The van der Waals surface area contributed by atoms with Crippen molar-refractivity contribution in [3.8, 4) is 11.4 Å². The lowest BCUT2D eigenvalue weighted by molar-refractivity contribution is 0.0706. The summed E-state index contributed by atoms with van der Waals surface area (Å²) in [5.74, 6) is 0.160. The molecule has 0 radical (unpaired) electrons. The molecule has 2 N–H and O–H groups in total. The van der Waals surface area contributed by atoms with E-state index in [-0.39, 0.29) is 0 Å². The molecule has 0 atom stereocenters. The fraction of sp³-hybridized carbons (Fsp3) is 0.0476. The maximum Gasteiger partial charge on any atom is 0.274 e. The maximum atomic E-state index is 11.7. The second-order valence-electron chi connectivity index (χ2n) is 6.17. The van der Waals surface area contributed by atoms with Gasteiger partial charge < -0.3 is 4.74 Å². The van der Waals surface area contributed by atoms with Crippen LogP contribution in [0.2, 0.25) is 5.02 Å². The Morgan fingerprint density at radius 1 is 1.11 bits per heavy atom. The third-order valence-corrected chi connectivity index (χ3v) is 4.56. The van der Waals surface area contributed by atoms with Gasteiger partial charge in [-0.15, -0.1) is 0 Å². The maximum absolute atomic E-state index is 11.7. The molecule has 3 aromatic carbocycles. The first kappa shape index (κ1) is 18.0. The van der Waals surface area contributed by atoms with Crippen molar-refractivity contribution in [2.24, 2.45) is 0 Å². The van der Waals surface area contributed by atoms with Crippen molar-refractivity contribution in [2.45, 2.75) is 6.61 Å². The lowest BCUT2D eigenvalue weighted by atomic mass is 10.2. The summed E-state index contributed by atoms with van der Waals surface area (Å²) < 4.78 is 7.67. The Morgan fingerprint density at radius 2 is 1.93 bits per heavy atom. The van der Waals surface area contributed by atoms with E-state index < -0.39 is 5.91 Å². The third-order valence-electron chi connectivity index (χ3n) is 4.32. The molecule has 1 heterocycles. The van der Waals surface area contributed by atoms with E-state index in [1.165, 1.54) is 0 Å². The van der Waals surface area contributed by atoms with Gasteiger partial charge in [-0.25, -0.2) is 10.5 Å². The fourth-order valence-corrected chi connectivity index (χ4v) is 3.13. The Labute approximate surface area is 165 Å². The van der Waals surface area contributed by atoms with Gasteiger partial charge in [-0.05, 0) is 60.2 Å². The summed E-state index contributed by atoms with van der Waals surface area (Å²) in [6, 6.07) is 20.1. The molecule has 0 aliphatic rings. The van der Waals surface area contributed by atoms with Crippen molar-refractivity contribution in [2.75, 3.05) is 0 Å². The zero-order valence-electron chi connectivity index (χ0n) is 14.7. The number of imidazole rings is 1. The Morgan fingerprint density at radius 3 is 2.68 bits per heavy atom. The van der Waals surface area contributed by atoms with Gasteiger partial charge in [-0.3, -0.25) is 14.6 Å². The van der Waals surface area contributed by atoms with Gasteiger partial charge in [0.15, 0.2) is 0 Å². The largest absolute Gasteiger partial charge is 0.489 e. The number of hydrogen-bond acceptors (Lipinski definition) is 4. The average Bonchev–Trinajstić information content (AvgIpc) is 3.15. The Kier molecular flexibility index (Phi) is 4.97. The number of rotatable bonds is 5. The molecule has 0 saturated carbocycles.